The summed E-state index contributed by atoms with van der Waals surface area (Å²) in [4.78, 5) is 25.4. The zero-order valence-corrected chi connectivity index (χ0v) is 8.08. The van der Waals surface area contributed by atoms with Crippen molar-refractivity contribution in [2.75, 3.05) is 19.7 Å². The van der Waals surface area contributed by atoms with Gasteiger partial charge in [0.25, 0.3) is 0 Å². The number of nitrogens with zero attached hydrogens (tertiary/aromatic N) is 4. The number of hydrogen-bond acceptors (Lipinski definition) is 4. The van der Waals surface area contributed by atoms with Gasteiger partial charge in [0, 0.05) is 18.0 Å². The van der Waals surface area contributed by atoms with Crippen LogP contribution in [-0.2, 0) is 9.53 Å². The molecule has 0 unspecified atom stereocenters. The Morgan fingerprint density at radius 3 is 2.67 bits per heavy atom. The summed E-state index contributed by atoms with van der Waals surface area (Å²) in [5, 5.41) is 11.9. The fraction of sp³-hybridized carbons (Fsp3) is 0.714. The first-order chi connectivity index (χ1) is 7.05. The molecule has 82 valence electrons. The maximum Gasteiger partial charge on any atom is 0.407 e. The number of carbonyl (C=O) groups is 2. The van der Waals surface area contributed by atoms with Crippen LogP contribution in [0, 0.1) is 0 Å². The zero-order chi connectivity index (χ0) is 11.5. The third-order valence-corrected chi connectivity index (χ3v) is 2.07. The summed E-state index contributed by atoms with van der Waals surface area (Å²) < 4.78 is 4.71. The van der Waals surface area contributed by atoms with Crippen molar-refractivity contribution in [3.63, 3.8) is 0 Å². The molecule has 0 aromatic heterocycles. The lowest BCUT2D eigenvalue weighted by molar-refractivity contribution is -0.155. The molecule has 8 nitrogen and oxygen atoms in total. The predicted molar refractivity (Wildman–Crippen MR) is 48.1 cm³/mol. The number of azide groups is 1. The summed E-state index contributed by atoms with van der Waals surface area (Å²) in [5.74, 6) is -0.680. The molecular weight excluding hydrogens is 204 g/mol. The van der Waals surface area contributed by atoms with E-state index in [1.807, 2.05) is 0 Å². The Morgan fingerprint density at radius 2 is 2.27 bits per heavy atom. The first-order valence-corrected chi connectivity index (χ1v) is 4.27. The molecule has 1 heterocycles. The van der Waals surface area contributed by atoms with Gasteiger partial charge in [0.1, 0.15) is 0 Å². The molecule has 15 heavy (non-hydrogen) atoms. The maximum absolute atomic E-state index is 11.4. The molecule has 0 aromatic rings. The number of rotatable bonds is 3. The number of carbonyl (C=O) groups excluding carboxylic acids is 1. The van der Waals surface area contributed by atoms with E-state index >= 15 is 0 Å². The molecule has 0 spiro atoms. The van der Waals surface area contributed by atoms with Crippen LogP contribution in [0.15, 0.2) is 5.11 Å². The fourth-order valence-electron chi connectivity index (χ4n) is 1.30. The van der Waals surface area contributed by atoms with Crippen LogP contribution in [0.5, 0.6) is 0 Å². The average Bonchev–Trinajstić information content (AvgIpc) is 2.10. The van der Waals surface area contributed by atoms with E-state index in [2.05, 4.69) is 10.0 Å². The minimum Gasteiger partial charge on any atom is -0.465 e. The Hall–Kier alpha value is -1.95. The SMILES string of the molecule is CCOC(=O)C1(N=[N+]=[N-])CN(C(=O)O)C1. The summed E-state index contributed by atoms with van der Waals surface area (Å²) in [5.41, 5.74) is 6.92. The van der Waals surface area contributed by atoms with Crippen molar-refractivity contribution < 1.29 is 19.4 Å². The molecule has 1 amide bonds. The van der Waals surface area contributed by atoms with Crippen LogP contribution in [0.2, 0.25) is 0 Å². The molecule has 1 aliphatic heterocycles. The number of hydrogen-bond donors (Lipinski definition) is 1. The second-order valence-electron chi connectivity index (χ2n) is 3.08. The monoisotopic (exact) mass is 214 g/mol. The molecule has 1 N–H and O–H groups in total. The number of amides is 1. The lowest BCUT2D eigenvalue weighted by atomic mass is 9.91. The summed E-state index contributed by atoms with van der Waals surface area (Å²) in [7, 11) is 0. The van der Waals surface area contributed by atoms with E-state index < -0.39 is 17.6 Å². The summed E-state index contributed by atoms with van der Waals surface area (Å²) in [6, 6.07) is 0. The van der Waals surface area contributed by atoms with E-state index in [0.29, 0.717) is 0 Å². The third kappa shape index (κ3) is 1.94. The molecule has 1 fully saturated rings. The number of esters is 1. The minimum absolute atomic E-state index is 0.148. The third-order valence-electron chi connectivity index (χ3n) is 2.07. The van der Waals surface area contributed by atoms with Gasteiger partial charge in [0.05, 0.1) is 6.61 Å². The van der Waals surface area contributed by atoms with Crippen molar-refractivity contribution in [3.8, 4) is 0 Å². The number of carboxylic acid groups (broad SMARTS) is 1. The molecule has 1 saturated heterocycles. The zero-order valence-electron chi connectivity index (χ0n) is 8.08. The lowest BCUT2D eigenvalue weighted by Gasteiger charge is -2.42. The first-order valence-electron chi connectivity index (χ1n) is 4.27. The van der Waals surface area contributed by atoms with Gasteiger partial charge in [0.2, 0.25) is 0 Å². The average molecular weight is 214 g/mol. The quantitative estimate of drug-likeness (QED) is 0.320. The standard InChI is InChI=1S/C7H10N4O4/c1-2-15-5(12)7(9-10-8)3-11(4-7)6(13)14/h2-4H2,1H3,(H,13,14). The molecule has 0 radical (unpaired) electrons. The van der Waals surface area contributed by atoms with Gasteiger partial charge in [-0.2, -0.15) is 0 Å². The van der Waals surface area contributed by atoms with Crippen LogP contribution < -0.4 is 0 Å². The Kier molecular flexibility index (Phi) is 3.01. The highest BCUT2D eigenvalue weighted by molar-refractivity contribution is 5.85. The second kappa shape index (κ2) is 4.05. The van der Waals surface area contributed by atoms with Gasteiger partial charge >= 0.3 is 12.1 Å². The summed E-state index contributed by atoms with van der Waals surface area (Å²) in [6.45, 7) is 1.49. The molecular formula is C7H10N4O4. The molecule has 0 saturated carbocycles. The first kappa shape index (κ1) is 11.1. The van der Waals surface area contributed by atoms with Crippen LogP contribution in [0.25, 0.3) is 10.4 Å². The van der Waals surface area contributed by atoms with E-state index in [0.717, 1.165) is 4.90 Å². The molecule has 0 aliphatic carbocycles. The number of likely N-dealkylation sites (tertiary alicyclic amines) is 1. The van der Waals surface area contributed by atoms with E-state index in [9.17, 15) is 9.59 Å². The van der Waals surface area contributed by atoms with Crippen LogP contribution in [0.3, 0.4) is 0 Å². The van der Waals surface area contributed by atoms with Gasteiger partial charge in [-0.3, -0.25) is 4.79 Å². The van der Waals surface area contributed by atoms with Crippen LogP contribution in [-0.4, -0.2) is 47.3 Å². The van der Waals surface area contributed by atoms with Gasteiger partial charge in [-0.15, -0.1) is 0 Å². The van der Waals surface area contributed by atoms with E-state index in [1.165, 1.54) is 0 Å². The Labute approximate surface area is 85.0 Å². The van der Waals surface area contributed by atoms with Crippen molar-refractivity contribution >= 4 is 12.1 Å². The van der Waals surface area contributed by atoms with Gasteiger partial charge in [-0.05, 0) is 12.5 Å². The predicted octanol–water partition coefficient (Wildman–Crippen LogP) is 0.592. The van der Waals surface area contributed by atoms with Gasteiger partial charge in [-0.1, -0.05) is 5.11 Å². The van der Waals surface area contributed by atoms with Gasteiger partial charge < -0.3 is 14.7 Å². The molecule has 1 aliphatic rings. The topological polar surface area (TPSA) is 116 Å². The molecule has 1 rings (SSSR count). The Bertz CT molecular complexity index is 330. The Balaban J connectivity index is 2.73. The fourth-order valence-corrected chi connectivity index (χ4v) is 1.30. The van der Waals surface area contributed by atoms with Gasteiger partial charge in [-0.25, -0.2) is 4.79 Å². The van der Waals surface area contributed by atoms with Crippen molar-refractivity contribution in [1.82, 2.24) is 4.90 Å². The highest BCUT2D eigenvalue weighted by atomic mass is 16.5. The lowest BCUT2D eigenvalue weighted by Crippen LogP contribution is -2.66. The maximum atomic E-state index is 11.4. The normalized spacial score (nSPS) is 17.3. The smallest absolute Gasteiger partial charge is 0.407 e. The molecule has 0 atom stereocenters. The van der Waals surface area contributed by atoms with Crippen molar-refractivity contribution in [2.45, 2.75) is 12.5 Å². The van der Waals surface area contributed by atoms with Crippen molar-refractivity contribution in [2.24, 2.45) is 5.11 Å². The summed E-state index contributed by atoms with van der Waals surface area (Å²) in [6.07, 6.45) is -1.15. The van der Waals surface area contributed by atoms with E-state index in [1.54, 1.807) is 6.92 Å². The minimum atomic E-state index is -1.37. The largest absolute Gasteiger partial charge is 0.465 e. The Morgan fingerprint density at radius 1 is 1.67 bits per heavy atom. The van der Waals surface area contributed by atoms with E-state index in [-0.39, 0.29) is 19.7 Å². The molecule has 0 bridgehead atoms. The van der Waals surface area contributed by atoms with Crippen LogP contribution in [0.4, 0.5) is 4.79 Å². The van der Waals surface area contributed by atoms with Crippen LogP contribution in [0.1, 0.15) is 6.92 Å². The van der Waals surface area contributed by atoms with Crippen LogP contribution >= 0.6 is 0 Å². The highest BCUT2D eigenvalue weighted by Crippen LogP contribution is 2.27. The van der Waals surface area contributed by atoms with Crippen molar-refractivity contribution in [1.29, 1.82) is 0 Å². The highest BCUT2D eigenvalue weighted by Gasteiger charge is 2.52. The van der Waals surface area contributed by atoms with E-state index in [4.69, 9.17) is 15.4 Å². The molecule has 0 aromatic carbocycles. The second-order valence-corrected chi connectivity index (χ2v) is 3.08. The molecule has 8 heteroatoms. The van der Waals surface area contributed by atoms with Gasteiger partial charge in [0.15, 0.2) is 5.54 Å². The number of ether oxygens (including phenoxy) is 1. The van der Waals surface area contributed by atoms with Crippen molar-refractivity contribution in [3.05, 3.63) is 10.4 Å². The summed E-state index contributed by atoms with van der Waals surface area (Å²) >= 11 is 0.